The monoisotopic (exact) mass is 410 g/mol. The summed E-state index contributed by atoms with van der Waals surface area (Å²) in [5.74, 6) is -0.912. The summed E-state index contributed by atoms with van der Waals surface area (Å²) >= 11 is 0. The Morgan fingerprint density at radius 2 is 1.80 bits per heavy atom. The number of rotatable bonds is 8. The number of nitrogens with one attached hydrogen (secondary N) is 1. The van der Waals surface area contributed by atoms with E-state index in [1.807, 2.05) is 30.3 Å². The van der Waals surface area contributed by atoms with E-state index in [1.54, 1.807) is 24.3 Å². The minimum absolute atomic E-state index is 0.313. The molecule has 1 amide bonds. The molecule has 0 bridgehead atoms. The molecule has 30 heavy (non-hydrogen) atoms. The molecule has 3 aromatic rings. The van der Waals surface area contributed by atoms with Crippen molar-refractivity contribution in [3.8, 4) is 11.5 Å². The number of hydrogen-bond acceptors (Lipinski definition) is 5. The lowest BCUT2D eigenvalue weighted by molar-refractivity contribution is -0.386. The number of halogens is 1. The second kappa shape index (κ2) is 9.51. The van der Waals surface area contributed by atoms with Crippen molar-refractivity contribution >= 4 is 17.3 Å². The number of ether oxygens (including phenoxy) is 2. The number of carbonyl (C=O) groups excluding carboxylic acids is 1. The second-order valence-electron chi connectivity index (χ2n) is 6.42. The Morgan fingerprint density at radius 1 is 1.10 bits per heavy atom. The number of hydrogen-bond donors (Lipinski definition) is 1. The Bertz CT molecular complexity index is 1030. The van der Waals surface area contributed by atoms with Gasteiger partial charge in [-0.25, -0.2) is 4.39 Å². The molecule has 7 nitrogen and oxygen atoms in total. The van der Waals surface area contributed by atoms with Gasteiger partial charge in [0.2, 0.25) is 5.75 Å². The number of amides is 1. The smallest absolute Gasteiger partial charge is 0.311 e. The van der Waals surface area contributed by atoms with Crippen molar-refractivity contribution in [2.45, 2.75) is 19.6 Å². The van der Waals surface area contributed by atoms with Crippen LogP contribution in [0.4, 0.5) is 15.8 Å². The van der Waals surface area contributed by atoms with Crippen LogP contribution in [0.3, 0.4) is 0 Å². The van der Waals surface area contributed by atoms with Crippen molar-refractivity contribution in [3.63, 3.8) is 0 Å². The van der Waals surface area contributed by atoms with Gasteiger partial charge < -0.3 is 14.8 Å². The number of nitro groups is 1. The van der Waals surface area contributed by atoms with Gasteiger partial charge in [0.15, 0.2) is 6.10 Å². The molecule has 0 aliphatic rings. The molecule has 0 saturated carbocycles. The zero-order valence-electron chi connectivity index (χ0n) is 16.1. The van der Waals surface area contributed by atoms with Gasteiger partial charge in [-0.05, 0) is 42.8 Å². The van der Waals surface area contributed by atoms with Gasteiger partial charge in [0, 0.05) is 17.8 Å². The number of nitrogens with zero attached hydrogens (tertiary/aromatic N) is 1. The van der Waals surface area contributed by atoms with E-state index in [1.165, 1.54) is 6.92 Å². The number of nitro benzene ring substituents is 1. The van der Waals surface area contributed by atoms with Crippen LogP contribution in [0.15, 0.2) is 72.8 Å². The third-order valence-corrected chi connectivity index (χ3v) is 4.16. The van der Waals surface area contributed by atoms with Crippen LogP contribution in [0, 0.1) is 15.9 Å². The van der Waals surface area contributed by atoms with Crippen molar-refractivity contribution in [1.29, 1.82) is 0 Å². The van der Waals surface area contributed by atoms with Gasteiger partial charge in [-0.1, -0.05) is 30.3 Å². The van der Waals surface area contributed by atoms with Crippen LogP contribution in [0.5, 0.6) is 11.5 Å². The SMILES string of the molecule is C[C@@H](Oc1cc(F)ccc1[N+](=O)[O-])C(=O)Nc1ccc(OCc2ccccc2)cc1. The molecule has 0 aromatic heterocycles. The lowest BCUT2D eigenvalue weighted by Crippen LogP contribution is -2.30. The molecule has 0 fully saturated rings. The van der Waals surface area contributed by atoms with Crippen LogP contribution in [-0.4, -0.2) is 16.9 Å². The molecule has 8 heteroatoms. The number of anilines is 1. The van der Waals surface area contributed by atoms with E-state index in [4.69, 9.17) is 9.47 Å². The highest BCUT2D eigenvalue weighted by molar-refractivity contribution is 5.94. The summed E-state index contributed by atoms with van der Waals surface area (Å²) in [5.41, 5.74) is 1.11. The van der Waals surface area contributed by atoms with Crippen LogP contribution in [0.1, 0.15) is 12.5 Å². The first-order valence-electron chi connectivity index (χ1n) is 9.10. The van der Waals surface area contributed by atoms with E-state index in [2.05, 4.69) is 5.32 Å². The Kier molecular flexibility index (Phi) is 6.59. The van der Waals surface area contributed by atoms with E-state index in [0.29, 0.717) is 18.0 Å². The third-order valence-electron chi connectivity index (χ3n) is 4.16. The molecule has 1 N–H and O–H groups in total. The van der Waals surface area contributed by atoms with Crippen LogP contribution in [0.2, 0.25) is 0 Å². The standard InChI is InChI=1S/C22H19FN2O5/c1-15(30-21-13-17(23)7-12-20(21)25(27)28)22(26)24-18-8-10-19(11-9-18)29-14-16-5-3-2-4-6-16/h2-13,15H,14H2,1H3,(H,24,26)/t15-/m1/s1. The second-order valence-corrected chi connectivity index (χ2v) is 6.42. The first kappa shape index (κ1) is 20.8. The summed E-state index contributed by atoms with van der Waals surface area (Å²) in [4.78, 5) is 22.7. The Balaban J connectivity index is 1.58. The predicted molar refractivity (Wildman–Crippen MR) is 109 cm³/mol. The molecule has 0 heterocycles. The minimum Gasteiger partial charge on any atom is -0.489 e. The van der Waals surface area contributed by atoms with E-state index < -0.39 is 28.4 Å². The van der Waals surface area contributed by atoms with E-state index >= 15 is 0 Å². The van der Waals surface area contributed by atoms with Crippen molar-refractivity contribution in [2.24, 2.45) is 0 Å². The first-order chi connectivity index (χ1) is 14.4. The Morgan fingerprint density at radius 3 is 2.47 bits per heavy atom. The largest absolute Gasteiger partial charge is 0.489 e. The van der Waals surface area contributed by atoms with E-state index in [9.17, 15) is 19.3 Å². The van der Waals surface area contributed by atoms with Crippen LogP contribution in [0.25, 0.3) is 0 Å². The van der Waals surface area contributed by atoms with E-state index in [-0.39, 0.29) is 5.75 Å². The molecule has 154 valence electrons. The topological polar surface area (TPSA) is 90.7 Å². The van der Waals surface area contributed by atoms with Crippen molar-refractivity contribution in [1.82, 2.24) is 0 Å². The molecule has 3 aromatic carbocycles. The molecule has 0 unspecified atom stereocenters. The summed E-state index contributed by atoms with van der Waals surface area (Å²) in [6, 6.07) is 19.3. The van der Waals surface area contributed by atoms with Gasteiger partial charge in [0.1, 0.15) is 18.2 Å². The fourth-order valence-corrected chi connectivity index (χ4v) is 2.60. The number of carbonyl (C=O) groups is 1. The summed E-state index contributed by atoms with van der Waals surface area (Å²) in [6.45, 7) is 1.84. The van der Waals surface area contributed by atoms with Crippen LogP contribution < -0.4 is 14.8 Å². The van der Waals surface area contributed by atoms with Crippen LogP contribution >= 0.6 is 0 Å². The highest BCUT2D eigenvalue weighted by atomic mass is 19.1. The maximum atomic E-state index is 13.4. The molecule has 0 aliphatic carbocycles. The Labute approximate surface area is 172 Å². The van der Waals surface area contributed by atoms with Crippen molar-refractivity contribution in [3.05, 3.63) is 94.3 Å². The Hall–Kier alpha value is -3.94. The zero-order valence-corrected chi connectivity index (χ0v) is 16.1. The van der Waals surface area contributed by atoms with Gasteiger partial charge in [-0.3, -0.25) is 14.9 Å². The lowest BCUT2D eigenvalue weighted by atomic mass is 10.2. The highest BCUT2D eigenvalue weighted by Gasteiger charge is 2.22. The lowest BCUT2D eigenvalue weighted by Gasteiger charge is -2.15. The summed E-state index contributed by atoms with van der Waals surface area (Å²) in [7, 11) is 0. The predicted octanol–water partition coefficient (Wildman–Crippen LogP) is 4.72. The maximum absolute atomic E-state index is 13.4. The first-order valence-corrected chi connectivity index (χ1v) is 9.10. The fraction of sp³-hybridized carbons (Fsp3) is 0.136. The van der Waals surface area contributed by atoms with Gasteiger partial charge in [-0.15, -0.1) is 0 Å². The summed E-state index contributed by atoms with van der Waals surface area (Å²) in [5, 5.41) is 13.7. The molecule has 1 atom stereocenters. The number of benzene rings is 3. The van der Waals surface area contributed by atoms with Gasteiger partial charge in [0.05, 0.1) is 4.92 Å². The molecule has 0 radical (unpaired) electrons. The van der Waals surface area contributed by atoms with Gasteiger partial charge in [-0.2, -0.15) is 0 Å². The molecular formula is C22H19FN2O5. The van der Waals surface area contributed by atoms with Crippen molar-refractivity contribution in [2.75, 3.05) is 5.32 Å². The van der Waals surface area contributed by atoms with Crippen molar-refractivity contribution < 1.29 is 23.6 Å². The van der Waals surface area contributed by atoms with Gasteiger partial charge >= 0.3 is 5.69 Å². The normalized spacial score (nSPS) is 11.4. The average molecular weight is 410 g/mol. The summed E-state index contributed by atoms with van der Waals surface area (Å²) < 4.78 is 24.4. The van der Waals surface area contributed by atoms with Crippen LogP contribution in [-0.2, 0) is 11.4 Å². The molecule has 0 aliphatic heterocycles. The minimum atomic E-state index is -1.08. The molecular weight excluding hydrogens is 391 g/mol. The van der Waals surface area contributed by atoms with Gasteiger partial charge in [0.25, 0.3) is 5.91 Å². The quantitative estimate of drug-likeness (QED) is 0.429. The maximum Gasteiger partial charge on any atom is 0.311 e. The molecule has 3 rings (SSSR count). The summed E-state index contributed by atoms with van der Waals surface area (Å²) in [6.07, 6.45) is -1.08. The zero-order chi connectivity index (χ0) is 21.5. The molecule has 0 spiro atoms. The molecule has 0 saturated heterocycles. The van der Waals surface area contributed by atoms with E-state index in [0.717, 1.165) is 23.8 Å². The third kappa shape index (κ3) is 5.54. The average Bonchev–Trinajstić information content (AvgIpc) is 2.73. The highest BCUT2D eigenvalue weighted by Crippen LogP contribution is 2.28. The fourth-order valence-electron chi connectivity index (χ4n) is 2.60.